The first-order valence-electron chi connectivity index (χ1n) is 13.1. The van der Waals surface area contributed by atoms with Crippen molar-refractivity contribution in [3.8, 4) is 28.5 Å². The first-order chi connectivity index (χ1) is 18.4. The van der Waals surface area contributed by atoms with Gasteiger partial charge in [0.15, 0.2) is 0 Å². The third-order valence-electron chi connectivity index (χ3n) is 7.12. The number of nitrogens with zero attached hydrogens (tertiary/aromatic N) is 2. The Kier molecular flexibility index (Phi) is 8.17. The molecule has 2 aliphatic rings. The highest BCUT2D eigenvalue weighted by Gasteiger charge is 2.23. The van der Waals surface area contributed by atoms with E-state index >= 15 is 0 Å². The number of amides is 1. The minimum absolute atomic E-state index is 0.0128. The van der Waals surface area contributed by atoms with Gasteiger partial charge in [-0.3, -0.25) is 9.69 Å². The number of hydrogen-bond donors (Lipinski definition) is 3. The lowest BCUT2D eigenvalue weighted by atomic mass is 9.91. The first-order valence-corrected chi connectivity index (χ1v) is 13.1. The van der Waals surface area contributed by atoms with E-state index in [0.29, 0.717) is 25.5 Å². The minimum Gasteiger partial charge on any atom is -0.508 e. The van der Waals surface area contributed by atoms with Crippen LogP contribution >= 0.6 is 0 Å². The van der Waals surface area contributed by atoms with Gasteiger partial charge in [-0.25, -0.2) is 9.37 Å². The van der Waals surface area contributed by atoms with Crippen molar-refractivity contribution in [2.24, 2.45) is 5.73 Å². The molecule has 4 N–H and O–H groups in total. The Morgan fingerprint density at radius 2 is 1.92 bits per heavy atom. The van der Waals surface area contributed by atoms with E-state index in [9.17, 15) is 14.3 Å². The highest BCUT2D eigenvalue weighted by atomic mass is 19.1. The Labute approximate surface area is 221 Å². The number of morpholine rings is 1. The normalized spacial score (nSPS) is 20.2. The van der Waals surface area contributed by atoms with Crippen molar-refractivity contribution >= 4 is 5.91 Å². The lowest BCUT2D eigenvalue weighted by Crippen LogP contribution is -2.40. The monoisotopic (exact) mass is 520 g/mol. The van der Waals surface area contributed by atoms with Gasteiger partial charge < -0.3 is 25.6 Å². The SMILES string of the molecule is NC1CCC(NC(=O)c2cc(F)cnc2Oc2cccc(-c3ccc(O)cc3CN3CCOCC3)c2)CC1. The lowest BCUT2D eigenvalue weighted by molar-refractivity contribution is 0.0342. The number of halogens is 1. The van der Waals surface area contributed by atoms with Gasteiger partial charge in [0, 0.05) is 31.7 Å². The maximum absolute atomic E-state index is 14.1. The molecule has 1 saturated carbocycles. The van der Waals surface area contributed by atoms with Gasteiger partial charge in [0.2, 0.25) is 5.88 Å². The molecule has 38 heavy (non-hydrogen) atoms. The number of aromatic hydroxyl groups is 1. The zero-order valence-corrected chi connectivity index (χ0v) is 21.2. The fourth-order valence-electron chi connectivity index (χ4n) is 5.03. The quantitative estimate of drug-likeness (QED) is 0.428. The molecule has 9 heteroatoms. The number of benzene rings is 2. The number of carbonyl (C=O) groups is 1. The average molecular weight is 521 g/mol. The maximum atomic E-state index is 14.1. The van der Waals surface area contributed by atoms with Gasteiger partial charge in [-0.05, 0) is 72.7 Å². The predicted molar refractivity (Wildman–Crippen MR) is 142 cm³/mol. The number of aromatic nitrogens is 1. The van der Waals surface area contributed by atoms with Gasteiger partial charge in [0.1, 0.15) is 22.9 Å². The van der Waals surface area contributed by atoms with Crippen molar-refractivity contribution in [2.45, 2.75) is 44.3 Å². The van der Waals surface area contributed by atoms with Crippen LogP contribution in [0.3, 0.4) is 0 Å². The molecule has 5 rings (SSSR count). The third kappa shape index (κ3) is 6.48. The van der Waals surface area contributed by atoms with Crippen LogP contribution in [0.1, 0.15) is 41.6 Å². The topological polar surface area (TPSA) is 110 Å². The van der Waals surface area contributed by atoms with Crippen LogP contribution in [0.5, 0.6) is 17.4 Å². The standard InChI is InChI=1S/C29H33FN4O4/c30-21-16-27(28(36)33-23-6-4-22(31)5-7-23)29(32-17-21)38-25-3-1-2-19(15-25)26-9-8-24(35)14-20(26)18-34-10-12-37-13-11-34/h1-3,8-9,14-17,22-23,35H,4-7,10-13,18,31H2,(H,33,36). The molecule has 1 aliphatic heterocycles. The van der Waals surface area contributed by atoms with Gasteiger partial charge in [0.05, 0.1) is 19.4 Å². The predicted octanol–water partition coefficient (Wildman–Crippen LogP) is 4.22. The van der Waals surface area contributed by atoms with Crippen LogP contribution in [0.4, 0.5) is 4.39 Å². The molecule has 2 fully saturated rings. The Morgan fingerprint density at radius 1 is 1.13 bits per heavy atom. The number of phenols is 1. The minimum atomic E-state index is -0.612. The number of nitrogens with two attached hydrogens (primary N) is 1. The van der Waals surface area contributed by atoms with E-state index in [-0.39, 0.29) is 29.3 Å². The molecule has 0 atom stereocenters. The molecular weight excluding hydrogens is 487 g/mol. The number of hydrogen-bond acceptors (Lipinski definition) is 7. The van der Waals surface area contributed by atoms with Crippen LogP contribution in [0, 0.1) is 5.82 Å². The molecule has 2 heterocycles. The number of phenolic OH excluding ortho intramolecular Hbond substituents is 1. The second kappa shape index (κ2) is 11.9. The summed E-state index contributed by atoms with van der Waals surface area (Å²) in [5.74, 6) is -0.332. The molecule has 1 aromatic heterocycles. The summed E-state index contributed by atoms with van der Waals surface area (Å²) in [5, 5.41) is 13.1. The summed E-state index contributed by atoms with van der Waals surface area (Å²) in [5.41, 5.74) is 8.85. The zero-order chi connectivity index (χ0) is 26.5. The summed E-state index contributed by atoms with van der Waals surface area (Å²) in [6, 6.07) is 14.0. The molecule has 0 bridgehead atoms. The largest absolute Gasteiger partial charge is 0.508 e. The van der Waals surface area contributed by atoms with Crippen LogP contribution in [0.25, 0.3) is 11.1 Å². The Morgan fingerprint density at radius 3 is 2.71 bits per heavy atom. The fraction of sp³-hybridized carbons (Fsp3) is 0.379. The second-order valence-corrected chi connectivity index (χ2v) is 9.95. The maximum Gasteiger partial charge on any atom is 0.257 e. The molecule has 1 amide bonds. The molecule has 8 nitrogen and oxygen atoms in total. The van der Waals surface area contributed by atoms with E-state index in [1.54, 1.807) is 18.2 Å². The van der Waals surface area contributed by atoms with Gasteiger partial charge in [-0.1, -0.05) is 18.2 Å². The highest BCUT2D eigenvalue weighted by molar-refractivity contribution is 5.96. The van der Waals surface area contributed by atoms with Crippen molar-refractivity contribution in [1.82, 2.24) is 15.2 Å². The summed E-state index contributed by atoms with van der Waals surface area (Å²) in [7, 11) is 0. The van der Waals surface area contributed by atoms with Crippen LogP contribution in [0.15, 0.2) is 54.7 Å². The summed E-state index contributed by atoms with van der Waals surface area (Å²) in [6.45, 7) is 3.70. The summed E-state index contributed by atoms with van der Waals surface area (Å²) < 4.78 is 25.6. The van der Waals surface area contributed by atoms with Crippen LogP contribution < -0.4 is 15.8 Å². The van der Waals surface area contributed by atoms with Gasteiger partial charge in [-0.2, -0.15) is 0 Å². The molecule has 1 saturated heterocycles. The van der Waals surface area contributed by atoms with Crippen LogP contribution in [0.2, 0.25) is 0 Å². The smallest absolute Gasteiger partial charge is 0.257 e. The van der Waals surface area contributed by atoms with E-state index in [1.165, 1.54) is 0 Å². The molecule has 2 aromatic carbocycles. The van der Waals surface area contributed by atoms with Crippen molar-refractivity contribution in [2.75, 3.05) is 26.3 Å². The zero-order valence-electron chi connectivity index (χ0n) is 21.2. The summed E-state index contributed by atoms with van der Waals surface area (Å²) >= 11 is 0. The molecule has 200 valence electrons. The van der Waals surface area contributed by atoms with Crippen molar-refractivity contribution in [3.63, 3.8) is 0 Å². The highest BCUT2D eigenvalue weighted by Crippen LogP contribution is 2.32. The lowest BCUT2D eigenvalue weighted by Gasteiger charge is -2.27. The van der Waals surface area contributed by atoms with E-state index in [0.717, 1.165) is 67.7 Å². The Bertz CT molecular complexity index is 1270. The fourth-order valence-corrected chi connectivity index (χ4v) is 5.03. The first kappa shape index (κ1) is 26.1. The van der Waals surface area contributed by atoms with Crippen molar-refractivity contribution in [3.05, 3.63) is 71.7 Å². The number of pyridine rings is 1. The molecule has 0 unspecified atom stereocenters. The molecule has 3 aromatic rings. The summed E-state index contributed by atoms with van der Waals surface area (Å²) in [4.78, 5) is 19.4. The number of ether oxygens (including phenoxy) is 2. The van der Waals surface area contributed by atoms with E-state index < -0.39 is 11.7 Å². The second-order valence-electron chi connectivity index (χ2n) is 9.95. The van der Waals surface area contributed by atoms with Gasteiger partial charge in [0.25, 0.3) is 5.91 Å². The summed E-state index contributed by atoms with van der Waals surface area (Å²) in [6.07, 6.45) is 4.29. The van der Waals surface area contributed by atoms with Crippen molar-refractivity contribution in [1.29, 1.82) is 0 Å². The van der Waals surface area contributed by atoms with E-state index in [1.807, 2.05) is 24.3 Å². The number of rotatable bonds is 7. The number of nitrogens with one attached hydrogen (secondary N) is 1. The van der Waals surface area contributed by atoms with Crippen LogP contribution in [-0.4, -0.2) is 59.3 Å². The molecule has 0 spiro atoms. The van der Waals surface area contributed by atoms with Gasteiger partial charge in [-0.15, -0.1) is 0 Å². The number of carbonyl (C=O) groups excluding carboxylic acids is 1. The van der Waals surface area contributed by atoms with Gasteiger partial charge >= 0.3 is 0 Å². The average Bonchev–Trinajstić information content (AvgIpc) is 2.92. The van der Waals surface area contributed by atoms with E-state index in [2.05, 4.69) is 15.2 Å². The Hall–Kier alpha value is -3.53. The van der Waals surface area contributed by atoms with Crippen molar-refractivity contribution < 1.29 is 23.8 Å². The molecular formula is C29H33FN4O4. The third-order valence-corrected chi connectivity index (χ3v) is 7.12. The Balaban J connectivity index is 1.37. The van der Waals surface area contributed by atoms with Crippen LogP contribution in [-0.2, 0) is 11.3 Å². The molecule has 0 radical (unpaired) electrons. The van der Waals surface area contributed by atoms with E-state index in [4.69, 9.17) is 15.2 Å². The molecule has 1 aliphatic carbocycles.